The summed E-state index contributed by atoms with van der Waals surface area (Å²) in [6.07, 6.45) is 3.09. The van der Waals surface area contributed by atoms with Crippen LogP contribution in [0.15, 0.2) is 6.07 Å². The van der Waals surface area contributed by atoms with Crippen molar-refractivity contribution in [1.29, 1.82) is 0 Å². The van der Waals surface area contributed by atoms with Crippen LogP contribution in [0.25, 0.3) is 0 Å². The van der Waals surface area contributed by atoms with Gasteiger partial charge in [-0.05, 0) is 18.9 Å². The van der Waals surface area contributed by atoms with Gasteiger partial charge in [0.05, 0.1) is 0 Å². The predicted octanol–water partition coefficient (Wildman–Crippen LogP) is 3.53. The summed E-state index contributed by atoms with van der Waals surface area (Å²) in [6, 6.07) is 0.985. The van der Waals surface area contributed by atoms with Crippen molar-refractivity contribution < 1.29 is 13.2 Å². The van der Waals surface area contributed by atoms with Gasteiger partial charge in [0.25, 0.3) is 0 Å². The third-order valence-corrected chi connectivity index (χ3v) is 3.97. The number of hydrogen-bond donors (Lipinski definition) is 1. The summed E-state index contributed by atoms with van der Waals surface area (Å²) in [5.41, 5.74) is 5.05. The van der Waals surface area contributed by atoms with Gasteiger partial charge in [-0.2, -0.15) is 0 Å². The largest absolute Gasteiger partial charge is 0.330 e. The van der Waals surface area contributed by atoms with Gasteiger partial charge in [-0.15, -0.1) is 0 Å². The molecular formula is C12H13ClF3N. The summed E-state index contributed by atoms with van der Waals surface area (Å²) in [4.78, 5) is 0. The molecule has 94 valence electrons. The molecule has 0 saturated heterocycles. The lowest BCUT2D eigenvalue weighted by Gasteiger charge is -2.28. The number of rotatable bonds is 2. The Morgan fingerprint density at radius 1 is 1.18 bits per heavy atom. The van der Waals surface area contributed by atoms with Crippen LogP contribution >= 0.6 is 11.6 Å². The lowest BCUT2D eigenvalue weighted by molar-refractivity contribution is 0.402. The second-order valence-corrected chi connectivity index (χ2v) is 4.92. The fourth-order valence-corrected chi connectivity index (χ4v) is 2.73. The molecule has 1 nitrogen and oxygen atoms in total. The van der Waals surface area contributed by atoms with E-state index in [1.165, 1.54) is 0 Å². The number of hydrogen-bond acceptors (Lipinski definition) is 1. The molecule has 1 aromatic carbocycles. The average Bonchev–Trinajstić information content (AvgIpc) is 2.81. The Balaban J connectivity index is 2.59. The van der Waals surface area contributed by atoms with Crippen molar-refractivity contribution in [3.8, 4) is 0 Å². The van der Waals surface area contributed by atoms with Gasteiger partial charge in [0.1, 0.15) is 10.8 Å². The smallest absolute Gasteiger partial charge is 0.180 e. The van der Waals surface area contributed by atoms with Gasteiger partial charge in [0, 0.05) is 17.5 Å². The molecule has 0 atom stereocenters. The van der Waals surface area contributed by atoms with E-state index >= 15 is 0 Å². The van der Waals surface area contributed by atoms with E-state index in [9.17, 15) is 13.2 Å². The molecule has 1 aliphatic rings. The van der Waals surface area contributed by atoms with Crippen LogP contribution in [0.5, 0.6) is 0 Å². The van der Waals surface area contributed by atoms with Crippen LogP contribution in [0.1, 0.15) is 31.2 Å². The summed E-state index contributed by atoms with van der Waals surface area (Å²) >= 11 is 5.33. The van der Waals surface area contributed by atoms with E-state index in [1.807, 2.05) is 0 Å². The third kappa shape index (κ3) is 1.93. The molecule has 2 rings (SSSR count). The maximum absolute atomic E-state index is 13.8. The summed E-state index contributed by atoms with van der Waals surface area (Å²) in [5.74, 6) is -3.31. The first kappa shape index (κ1) is 12.7. The highest BCUT2D eigenvalue weighted by molar-refractivity contribution is 6.30. The maximum atomic E-state index is 13.8. The van der Waals surface area contributed by atoms with Gasteiger partial charge in [-0.1, -0.05) is 24.4 Å². The zero-order valence-corrected chi connectivity index (χ0v) is 9.96. The third-order valence-electron chi connectivity index (χ3n) is 3.63. The average molecular weight is 264 g/mol. The van der Waals surface area contributed by atoms with Crippen LogP contribution in [-0.4, -0.2) is 6.54 Å². The van der Waals surface area contributed by atoms with Crippen molar-refractivity contribution in [2.45, 2.75) is 31.1 Å². The first-order chi connectivity index (χ1) is 8.02. The van der Waals surface area contributed by atoms with Crippen LogP contribution in [0.4, 0.5) is 13.2 Å². The SMILES string of the molecule is NCC1(c2cc(F)c(Cl)c(F)c2F)CCCC1. The second kappa shape index (κ2) is 4.50. The highest BCUT2D eigenvalue weighted by Gasteiger charge is 2.38. The molecule has 1 aromatic rings. The van der Waals surface area contributed by atoms with Crippen molar-refractivity contribution in [2.24, 2.45) is 5.73 Å². The van der Waals surface area contributed by atoms with E-state index in [4.69, 9.17) is 17.3 Å². The molecule has 0 amide bonds. The number of nitrogens with two attached hydrogens (primary N) is 1. The highest BCUT2D eigenvalue weighted by atomic mass is 35.5. The molecule has 17 heavy (non-hydrogen) atoms. The van der Waals surface area contributed by atoms with Crippen molar-refractivity contribution in [3.63, 3.8) is 0 Å². The first-order valence-electron chi connectivity index (χ1n) is 5.55. The summed E-state index contributed by atoms with van der Waals surface area (Å²) in [6.45, 7) is 0.185. The molecule has 5 heteroatoms. The van der Waals surface area contributed by atoms with E-state index in [0.717, 1.165) is 18.9 Å². The van der Waals surface area contributed by atoms with Crippen LogP contribution in [0, 0.1) is 17.5 Å². The summed E-state index contributed by atoms with van der Waals surface area (Å²) < 4.78 is 40.7. The van der Waals surface area contributed by atoms with Gasteiger partial charge < -0.3 is 5.73 Å². The monoisotopic (exact) mass is 263 g/mol. The van der Waals surface area contributed by atoms with Crippen LogP contribution in [0.3, 0.4) is 0 Å². The molecular weight excluding hydrogens is 251 g/mol. The van der Waals surface area contributed by atoms with E-state index in [-0.39, 0.29) is 12.1 Å². The van der Waals surface area contributed by atoms with Crippen molar-refractivity contribution in [1.82, 2.24) is 0 Å². The van der Waals surface area contributed by atoms with Crippen LogP contribution in [-0.2, 0) is 5.41 Å². The van der Waals surface area contributed by atoms with E-state index in [2.05, 4.69) is 0 Å². The Kier molecular flexibility index (Phi) is 3.36. The molecule has 0 spiro atoms. The van der Waals surface area contributed by atoms with E-state index in [0.29, 0.717) is 12.8 Å². The minimum absolute atomic E-state index is 0.0249. The van der Waals surface area contributed by atoms with Gasteiger partial charge in [-0.3, -0.25) is 0 Å². The minimum atomic E-state index is -1.32. The maximum Gasteiger partial charge on any atom is 0.180 e. The quantitative estimate of drug-likeness (QED) is 0.641. The molecule has 0 bridgehead atoms. The number of benzene rings is 1. The van der Waals surface area contributed by atoms with Gasteiger partial charge in [0.15, 0.2) is 11.6 Å². The van der Waals surface area contributed by atoms with Crippen molar-refractivity contribution in [2.75, 3.05) is 6.54 Å². The van der Waals surface area contributed by atoms with Gasteiger partial charge in [0.2, 0.25) is 0 Å². The molecule has 0 unspecified atom stereocenters. The minimum Gasteiger partial charge on any atom is -0.330 e. The molecule has 0 radical (unpaired) electrons. The topological polar surface area (TPSA) is 26.0 Å². The van der Waals surface area contributed by atoms with E-state index < -0.39 is 27.9 Å². The standard InChI is InChI=1S/C12H13ClF3N/c13-9-8(14)5-7(10(15)11(9)16)12(6-17)3-1-2-4-12/h5H,1-4,6,17H2. The molecule has 2 N–H and O–H groups in total. The lowest BCUT2D eigenvalue weighted by Crippen LogP contribution is -2.33. The van der Waals surface area contributed by atoms with Crippen LogP contribution < -0.4 is 5.73 Å². The second-order valence-electron chi connectivity index (χ2n) is 4.54. The molecule has 1 aliphatic carbocycles. The predicted molar refractivity (Wildman–Crippen MR) is 60.5 cm³/mol. The fourth-order valence-electron chi connectivity index (χ4n) is 2.59. The van der Waals surface area contributed by atoms with Gasteiger partial charge in [-0.25, -0.2) is 13.2 Å². The molecule has 0 aromatic heterocycles. The summed E-state index contributed by atoms with van der Waals surface area (Å²) in [7, 11) is 0. The Labute approximate surface area is 103 Å². The normalized spacial score (nSPS) is 18.6. The van der Waals surface area contributed by atoms with Crippen molar-refractivity contribution >= 4 is 11.6 Å². The fraction of sp³-hybridized carbons (Fsp3) is 0.500. The molecule has 0 aliphatic heterocycles. The Morgan fingerprint density at radius 3 is 2.29 bits per heavy atom. The first-order valence-corrected chi connectivity index (χ1v) is 5.93. The highest BCUT2D eigenvalue weighted by Crippen LogP contribution is 2.43. The Morgan fingerprint density at radius 2 is 1.76 bits per heavy atom. The van der Waals surface area contributed by atoms with Crippen LogP contribution in [0.2, 0.25) is 5.02 Å². The summed E-state index contributed by atoms with van der Waals surface area (Å²) in [5, 5.41) is -0.795. The lowest BCUT2D eigenvalue weighted by atomic mass is 9.78. The Hall–Kier alpha value is -0.740. The van der Waals surface area contributed by atoms with Gasteiger partial charge >= 0.3 is 0 Å². The Bertz CT molecular complexity index is 442. The molecule has 0 heterocycles. The molecule has 1 saturated carbocycles. The molecule has 1 fully saturated rings. The van der Waals surface area contributed by atoms with Crippen molar-refractivity contribution in [3.05, 3.63) is 34.1 Å². The number of halogens is 4. The zero-order chi connectivity index (χ0) is 12.6. The van der Waals surface area contributed by atoms with E-state index in [1.54, 1.807) is 0 Å². The zero-order valence-electron chi connectivity index (χ0n) is 9.20.